The monoisotopic (exact) mass is 534 g/mol. The lowest BCUT2D eigenvalue weighted by atomic mass is 9.74. The molecule has 2 amide bonds. The maximum atomic E-state index is 13.0. The average Bonchev–Trinajstić information content (AvgIpc) is 2.65. The first kappa shape index (κ1) is 22.2. The first-order valence-corrected chi connectivity index (χ1v) is 10.4. The van der Waals surface area contributed by atoms with Crippen molar-refractivity contribution < 1.29 is 9.59 Å². The molecule has 0 radical (unpaired) electrons. The number of benzene rings is 2. The number of carbonyl (C=O) groups excluding carboxylic acids is 2. The second-order valence-electron chi connectivity index (χ2n) is 6.07. The van der Waals surface area contributed by atoms with E-state index in [9.17, 15) is 9.59 Å². The number of amides is 2. The molecule has 0 fully saturated rings. The molecule has 27 heavy (non-hydrogen) atoms. The summed E-state index contributed by atoms with van der Waals surface area (Å²) in [5, 5.41) is 6.32. The van der Waals surface area contributed by atoms with Crippen LogP contribution in [0.4, 0.5) is 0 Å². The molecule has 144 valence electrons. The summed E-state index contributed by atoms with van der Waals surface area (Å²) in [6.45, 7) is 0. The van der Waals surface area contributed by atoms with Gasteiger partial charge in [0.1, 0.15) is 5.41 Å². The quantitative estimate of drug-likeness (QED) is 0.522. The topological polar surface area (TPSA) is 58.2 Å². The summed E-state index contributed by atoms with van der Waals surface area (Å²) in [4.78, 5) is 25.9. The molecule has 0 atom stereocenters. The van der Waals surface area contributed by atoms with E-state index < -0.39 is 5.41 Å². The summed E-state index contributed by atoms with van der Waals surface area (Å²) in [5.41, 5.74) is 0.130. The highest BCUT2D eigenvalue weighted by atomic mass is 79.9. The van der Waals surface area contributed by atoms with Gasteiger partial charge in [0.05, 0.1) is 0 Å². The van der Waals surface area contributed by atoms with Crippen LogP contribution in [0, 0.1) is 5.41 Å². The Morgan fingerprint density at radius 2 is 1.22 bits per heavy atom. The molecule has 4 nitrogen and oxygen atoms in total. The van der Waals surface area contributed by atoms with Gasteiger partial charge in [0.2, 0.25) is 11.8 Å². The van der Waals surface area contributed by atoms with Gasteiger partial charge in [-0.15, -0.1) is 0 Å². The Hall–Kier alpha value is -1.08. The maximum Gasteiger partial charge on any atom is 0.236 e. The van der Waals surface area contributed by atoms with E-state index in [1.54, 1.807) is 36.4 Å². The van der Waals surface area contributed by atoms with Crippen LogP contribution >= 0.6 is 55.1 Å². The van der Waals surface area contributed by atoms with Gasteiger partial charge in [-0.1, -0.05) is 55.1 Å². The fourth-order valence-corrected chi connectivity index (χ4v) is 4.14. The van der Waals surface area contributed by atoms with E-state index in [0.717, 1.165) is 20.1 Å². The number of nitrogens with one attached hydrogen (secondary N) is 2. The van der Waals surface area contributed by atoms with Gasteiger partial charge in [-0.3, -0.25) is 9.59 Å². The Morgan fingerprint density at radius 1 is 0.852 bits per heavy atom. The lowest BCUT2D eigenvalue weighted by Crippen LogP contribution is -2.52. The van der Waals surface area contributed by atoms with Crippen LogP contribution in [-0.4, -0.2) is 25.9 Å². The average molecular weight is 537 g/mol. The van der Waals surface area contributed by atoms with Gasteiger partial charge in [-0.05, 0) is 60.4 Å². The number of halogens is 4. The molecule has 0 aliphatic carbocycles. The molecule has 2 aromatic carbocycles. The molecule has 0 unspecified atom stereocenters. The largest absolute Gasteiger partial charge is 0.358 e. The van der Waals surface area contributed by atoms with Crippen molar-refractivity contribution in [2.45, 2.75) is 12.8 Å². The normalized spacial score (nSPS) is 11.2. The van der Waals surface area contributed by atoms with Gasteiger partial charge < -0.3 is 10.6 Å². The van der Waals surface area contributed by atoms with Crippen molar-refractivity contribution >= 4 is 66.9 Å². The third-order valence-electron chi connectivity index (χ3n) is 4.32. The Balaban J connectivity index is 2.62. The molecular weight excluding hydrogens is 519 g/mol. The van der Waals surface area contributed by atoms with Crippen LogP contribution in [0.15, 0.2) is 45.3 Å². The minimum absolute atomic E-state index is 0.159. The number of hydrogen-bond acceptors (Lipinski definition) is 2. The van der Waals surface area contributed by atoms with E-state index in [1.165, 1.54) is 14.1 Å². The van der Waals surface area contributed by atoms with Gasteiger partial charge in [0.25, 0.3) is 0 Å². The molecule has 0 bridgehead atoms. The lowest BCUT2D eigenvalue weighted by molar-refractivity contribution is -0.143. The minimum Gasteiger partial charge on any atom is -0.358 e. The predicted molar refractivity (Wildman–Crippen MR) is 116 cm³/mol. The van der Waals surface area contributed by atoms with Crippen molar-refractivity contribution in [1.29, 1.82) is 0 Å². The molecule has 0 aliphatic heterocycles. The van der Waals surface area contributed by atoms with Crippen molar-refractivity contribution in [2.24, 2.45) is 5.41 Å². The Labute approximate surface area is 185 Å². The number of rotatable bonds is 6. The first-order valence-electron chi connectivity index (χ1n) is 8.05. The minimum atomic E-state index is -1.39. The molecule has 2 N–H and O–H groups in total. The number of hydrogen-bond donors (Lipinski definition) is 2. The van der Waals surface area contributed by atoms with Crippen LogP contribution in [-0.2, 0) is 22.4 Å². The van der Waals surface area contributed by atoms with Crippen molar-refractivity contribution in [1.82, 2.24) is 10.6 Å². The van der Waals surface area contributed by atoms with Gasteiger partial charge in [0, 0.05) is 33.1 Å². The molecule has 0 aliphatic rings. The zero-order chi connectivity index (χ0) is 20.2. The van der Waals surface area contributed by atoms with Crippen LogP contribution in [0.3, 0.4) is 0 Å². The van der Waals surface area contributed by atoms with E-state index >= 15 is 0 Å². The molecule has 8 heteroatoms. The van der Waals surface area contributed by atoms with Crippen LogP contribution in [0.2, 0.25) is 10.0 Å². The molecule has 0 saturated carbocycles. The van der Waals surface area contributed by atoms with E-state index in [2.05, 4.69) is 42.5 Å². The highest BCUT2D eigenvalue weighted by Crippen LogP contribution is 2.35. The molecule has 2 aromatic rings. The van der Waals surface area contributed by atoms with Crippen LogP contribution in [0.5, 0.6) is 0 Å². The fourth-order valence-electron chi connectivity index (χ4n) is 2.97. The van der Waals surface area contributed by atoms with Crippen molar-refractivity contribution in [3.05, 3.63) is 66.5 Å². The second kappa shape index (κ2) is 9.41. The Morgan fingerprint density at radius 3 is 1.56 bits per heavy atom. The van der Waals surface area contributed by atoms with Crippen molar-refractivity contribution in [3.8, 4) is 0 Å². The summed E-state index contributed by atoms with van der Waals surface area (Å²) in [6, 6.07) is 10.6. The van der Waals surface area contributed by atoms with E-state index in [-0.39, 0.29) is 24.7 Å². The summed E-state index contributed by atoms with van der Waals surface area (Å²) >= 11 is 19.2. The summed E-state index contributed by atoms with van der Waals surface area (Å²) < 4.78 is 1.54. The molecule has 0 heterocycles. The summed E-state index contributed by atoms with van der Waals surface area (Å²) in [5.74, 6) is -0.777. The summed E-state index contributed by atoms with van der Waals surface area (Å²) in [7, 11) is 3.03. The molecule has 0 spiro atoms. The van der Waals surface area contributed by atoms with Crippen LogP contribution < -0.4 is 10.6 Å². The van der Waals surface area contributed by atoms with Crippen LogP contribution in [0.25, 0.3) is 0 Å². The smallest absolute Gasteiger partial charge is 0.236 e. The zero-order valence-corrected chi connectivity index (χ0v) is 19.4. The Bertz CT molecular complexity index is 803. The zero-order valence-electron chi connectivity index (χ0n) is 14.7. The molecule has 0 saturated heterocycles. The highest BCUT2D eigenvalue weighted by Gasteiger charge is 2.45. The Kier molecular flexibility index (Phi) is 7.74. The second-order valence-corrected chi connectivity index (χ2v) is 8.65. The van der Waals surface area contributed by atoms with E-state index in [1.807, 2.05) is 0 Å². The molecule has 0 aromatic heterocycles. The highest BCUT2D eigenvalue weighted by molar-refractivity contribution is 9.10. The third kappa shape index (κ3) is 5.05. The van der Waals surface area contributed by atoms with Gasteiger partial charge in [0.15, 0.2) is 0 Å². The van der Waals surface area contributed by atoms with Gasteiger partial charge in [-0.2, -0.15) is 0 Å². The standard InChI is InChI=1S/C19H18Br2Cl2N2O2/c1-24-17(26)19(18(27)25-2,9-11-7-13(22)3-5-15(11)20)10-12-8-14(23)4-6-16(12)21/h3-8H,9-10H2,1-2H3,(H,24,26)(H,25,27). The number of carbonyl (C=O) groups is 2. The summed E-state index contributed by atoms with van der Waals surface area (Å²) in [6.07, 6.45) is 0.318. The molecular formula is C19H18Br2Cl2N2O2. The van der Waals surface area contributed by atoms with Crippen molar-refractivity contribution in [3.63, 3.8) is 0 Å². The lowest BCUT2D eigenvalue weighted by Gasteiger charge is -2.31. The fraction of sp³-hybridized carbons (Fsp3) is 0.263. The maximum absolute atomic E-state index is 13.0. The third-order valence-corrected chi connectivity index (χ3v) is 6.34. The van der Waals surface area contributed by atoms with Gasteiger partial charge in [-0.25, -0.2) is 0 Å². The van der Waals surface area contributed by atoms with E-state index in [0.29, 0.717) is 10.0 Å². The molecule has 2 rings (SSSR count). The van der Waals surface area contributed by atoms with Crippen molar-refractivity contribution in [2.75, 3.05) is 14.1 Å². The van der Waals surface area contributed by atoms with Crippen LogP contribution in [0.1, 0.15) is 11.1 Å². The van der Waals surface area contributed by atoms with Gasteiger partial charge >= 0.3 is 0 Å². The first-order chi connectivity index (χ1) is 12.7. The predicted octanol–water partition coefficient (Wildman–Crippen LogP) is 4.78. The SMILES string of the molecule is CNC(=O)C(Cc1cc(Cl)ccc1Br)(Cc1cc(Cl)ccc1Br)C(=O)NC. The van der Waals surface area contributed by atoms with E-state index in [4.69, 9.17) is 23.2 Å².